The van der Waals surface area contributed by atoms with Gasteiger partial charge >= 0.3 is 0 Å². The van der Waals surface area contributed by atoms with Crippen LogP contribution in [0, 0.1) is 6.92 Å². The Morgan fingerprint density at radius 2 is 1.15 bits per heavy atom. The summed E-state index contributed by atoms with van der Waals surface area (Å²) in [6, 6.07) is 18.9. The molecule has 142 valence electrons. The molecular formula is C26H38. The third kappa shape index (κ3) is 14.0. The van der Waals surface area contributed by atoms with Crippen molar-refractivity contribution in [1.82, 2.24) is 0 Å². The van der Waals surface area contributed by atoms with Gasteiger partial charge in [-0.2, -0.15) is 0 Å². The Labute approximate surface area is 163 Å². The van der Waals surface area contributed by atoms with Gasteiger partial charge in [-0.15, -0.1) is 0 Å². The molecule has 0 amide bonds. The van der Waals surface area contributed by atoms with Crippen LogP contribution in [0.5, 0.6) is 0 Å². The fourth-order valence-corrected chi connectivity index (χ4v) is 1.79. The number of hydrogen-bond donors (Lipinski definition) is 0. The summed E-state index contributed by atoms with van der Waals surface area (Å²) < 4.78 is 0. The Balaban J connectivity index is 0. The number of rotatable bonds is 3. The second kappa shape index (κ2) is 19.0. The summed E-state index contributed by atoms with van der Waals surface area (Å²) in [5, 5.41) is 0. The van der Waals surface area contributed by atoms with Crippen LogP contribution >= 0.6 is 0 Å². The molecule has 0 N–H and O–H groups in total. The van der Waals surface area contributed by atoms with E-state index in [-0.39, 0.29) is 0 Å². The molecule has 0 aliphatic rings. The first-order chi connectivity index (χ1) is 12.7. The number of aryl methyl sites for hydroxylation is 1. The smallest absolute Gasteiger partial charge is 0.0256 e. The second-order valence-electron chi connectivity index (χ2n) is 5.19. The van der Waals surface area contributed by atoms with Crippen molar-refractivity contribution in [2.24, 2.45) is 0 Å². The lowest BCUT2D eigenvalue weighted by atomic mass is 10.1. The predicted molar refractivity (Wildman–Crippen MR) is 123 cm³/mol. The predicted octanol–water partition coefficient (Wildman–Crippen LogP) is 8.75. The Bertz CT molecular complexity index is 611. The van der Waals surface area contributed by atoms with E-state index in [2.05, 4.69) is 86.7 Å². The Morgan fingerprint density at radius 3 is 1.54 bits per heavy atom. The van der Waals surface area contributed by atoms with E-state index in [9.17, 15) is 0 Å². The van der Waals surface area contributed by atoms with E-state index in [1.54, 1.807) is 0 Å². The van der Waals surface area contributed by atoms with Gasteiger partial charge in [0.25, 0.3) is 0 Å². The molecule has 0 heterocycles. The van der Waals surface area contributed by atoms with Gasteiger partial charge in [0.05, 0.1) is 0 Å². The van der Waals surface area contributed by atoms with Gasteiger partial charge in [-0.3, -0.25) is 0 Å². The van der Waals surface area contributed by atoms with Gasteiger partial charge < -0.3 is 0 Å². The van der Waals surface area contributed by atoms with Gasteiger partial charge in [-0.25, -0.2) is 0 Å². The van der Waals surface area contributed by atoms with Crippen LogP contribution in [0.2, 0.25) is 0 Å². The topological polar surface area (TPSA) is 0 Å². The zero-order valence-corrected chi connectivity index (χ0v) is 18.1. The molecule has 0 unspecified atom stereocenters. The van der Waals surface area contributed by atoms with Gasteiger partial charge in [-0.1, -0.05) is 124 Å². The van der Waals surface area contributed by atoms with Crippen LogP contribution in [-0.2, 0) is 0 Å². The first-order valence-electron chi connectivity index (χ1n) is 9.71. The lowest BCUT2D eigenvalue weighted by Crippen LogP contribution is -1.74. The first-order valence-corrected chi connectivity index (χ1v) is 9.71. The monoisotopic (exact) mass is 350 g/mol. The Kier molecular flexibility index (Phi) is 18.9. The molecular weight excluding hydrogens is 312 g/mol. The molecule has 26 heavy (non-hydrogen) atoms. The second-order valence-corrected chi connectivity index (χ2v) is 5.19. The molecule has 0 radical (unpaired) electrons. The van der Waals surface area contributed by atoms with Crippen LogP contribution in [0.4, 0.5) is 0 Å². The summed E-state index contributed by atoms with van der Waals surface area (Å²) >= 11 is 0. The molecule has 2 rings (SSSR count). The minimum atomic E-state index is 1.23. The van der Waals surface area contributed by atoms with Crippen LogP contribution in [0.15, 0.2) is 78.4 Å². The number of allylic oxidation sites excluding steroid dienone is 4. The highest BCUT2D eigenvalue weighted by Gasteiger charge is 1.87. The lowest BCUT2D eigenvalue weighted by molar-refractivity contribution is 1.46. The fraction of sp³-hybridized carbons (Fsp3) is 0.308. The maximum atomic E-state index is 2.13. The highest BCUT2D eigenvalue weighted by atomic mass is 13.9. The molecule has 0 heteroatoms. The van der Waals surface area contributed by atoms with Crippen molar-refractivity contribution in [3.05, 3.63) is 95.1 Å². The quantitative estimate of drug-likeness (QED) is 0.383. The molecule has 2 aromatic rings. The maximum Gasteiger partial charge on any atom is -0.0256 e. The van der Waals surface area contributed by atoms with Crippen molar-refractivity contribution < 1.29 is 0 Å². The average Bonchev–Trinajstić information content (AvgIpc) is 2.72. The van der Waals surface area contributed by atoms with Gasteiger partial charge in [0.15, 0.2) is 0 Å². The van der Waals surface area contributed by atoms with E-state index in [0.29, 0.717) is 0 Å². The Hall–Kier alpha value is -2.34. The van der Waals surface area contributed by atoms with Crippen molar-refractivity contribution >= 4 is 12.2 Å². The summed E-state index contributed by atoms with van der Waals surface area (Å²) in [6.45, 7) is 16.2. The number of benzene rings is 2. The summed E-state index contributed by atoms with van der Waals surface area (Å²) in [6.07, 6.45) is 10.5. The van der Waals surface area contributed by atoms with E-state index in [0.717, 1.165) is 0 Å². The molecule has 0 saturated heterocycles. The molecule has 0 nitrogen and oxygen atoms in total. The number of hydrogen-bond acceptors (Lipinski definition) is 0. The normalized spacial score (nSPS) is 10.2. The molecule has 0 bridgehead atoms. The minimum Gasteiger partial charge on any atom is -0.0874 e. The van der Waals surface area contributed by atoms with Crippen LogP contribution in [0.1, 0.15) is 65.2 Å². The van der Waals surface area contributed by atoms with Crippen LogP contribution < -0.4 is 0 Å². The zero-order valence-electron chi connectivity index (χ0n) is 18.1. The third-order valence-corrected chi connectivity index (χ3v) is 3.23. The van der Waals surface area contributed by atoms with Crippen LogP contribution in [0.3, 0.4) is 0 Å². The molecule has 0 aromatic heterocycles. The largest absolute Gasteiger partial charge is 0.0874 e. The van der Waals surface area contributed by atoms with Crippen molar-refractivity contribution in [3.63, 3.8) is 0 Å². The van der Waals surface area contributed by atoms with Crippen molar-refractivity contribution in [1.29, 1.82) is 0 Å². The van der Waals surface area contributed by atoms with Gasteiger partial charge in [0.2, 0.25) is 0 Å². The lowest BCUT2D eigenvalue weighted by Gasteiger charge is -1.95. The van der Waals surface area contributed by atoms with Crippen LogP contribution in [0.25, 0.3) is 12.2 Å². The highest BCUT2D eigenvalue weighted by Crippen LogP contribution is 2.08. The zero-order chi connectivity index (χ0) is 20.2. The van der Waals surface area contributed by atoms with E-state index >= 15 is 0 Å². The molecule has 0 atom stereocenters. The maximum absolute atomic E-state index is 2.13. The van der Waals surface area contributed by atoms with Gasteiger partial charge in [-0.05, 0) is 38.8 Å². The van der Waals surface area contributed by atoms with Crippen molar-refractivity contribution in [2.75, 3.05) is 0 Å². The van der Waals surface area contributed by atoms with Gasteiger partial charge in [0.1, 0.15) is 0 Å². The molecule has 0 aliphatic heterocycles. The third-order valence-electron chi connectivity index (χ3n) is 3.23. The SMILES string of the molecule is C/C=C\C(C)=C/C.CC.CC.Cc1ccc(/C=C/c2ccccc2)cc1. The average molecular weight is 351 g/mol. The molecule has 0 spiro atoms. The van der Waals surface area contributed by atoms with Crippen LogP contribution in [-0.4, -0.2) is 0 Å². The molecule has 2 aromatic carbocycles. The summed E-state index contributed by atoms with van der Waals surface area (Å²) in [5.74, 6) is 0. The molecule has 0 aliphatic carbocycles. The van der Waals surface area contributed by atoms with E-state index in [1.807, 2.05) is 53.7 Å². The Morgan fingerprint density at radius 1 is 0.692 bits per heavy atom. The van der Waals surface area contributed by atoms with E-state index in [1.165, 1.54) is 22.3 Å². The van der Waals surface area contributed by atoms with E-state index < -0.39 is 0 Å². The standard InChI is InChI=1S/C15H14.C7H12.2C2H6/c1-13-7-9-15(10-8-13)12-11-14-5-3-2-4-6-14;1-4-6-7(3)5-2;2*1-2/h2-12H,1H3;4-6H,1-3H3;2*1-2H3/b12-11+;6-4-,7-5-;;. The van der Waals surface area contributed by atoms with Crippen molar-refractivity contribution in [3.8, 4) is 0 Å². The van der Waals surface area contributed by atoms with Gasteiger partial charge in [0, 0.05) is 0 Å². The summed E-state index contributed by atoms with van der Waals surface area (Å²) in [7, 11) is 0. The van der Waals surface area contributed by atoms with Crippen molar-refractivity contribution in [2.45, 2.75) is 55.4 Å². The fourth-order valence-electron chi connectivity index (χ4n) is 1.79. The summed E-state index contributed by atoms with van der Waals surface area (Å²) in [5.41, 5.74) is 5.09. The molecule has 0 saturated carbocycles. The molecule has 0 fully saturated rings. The summed E-state index contributed by atoms with van der Waals surface area (Å²) in [4.78, 5) is 0. The highest BCUT2D eigenvalue weighted by molar-refractivity contribution is 5.69. The van der Waals surface area contributed by atoms with E-state index in [4.69, 9.17) is 0 Å². The minimum absolute atomic E-state index is 1.23. The first kappa shape index (κ1) is 25.9.